The van der Waals surface area contributed by atoms with Crippen molar-refractivity contribution in [2.45, 2.75) is 26.8 Å². The Morgan fingerprint density at radius 1 is 1.30 bits per heavy atom. The van der Waals surface area contributed by atoms with Crippen molar-refractivity contribution >= 4 is 12.6 Å². The van der Waals surface area contributed by atoms with Gasteiger partial charge in [0.15, 0.2) is 0 Å². The molecule has 0 saturated heterocycles. The highest BCUT2D eigenvalue weighted by Crippen LogP contribution is 2.06. The van der Waals surface area contributed by atoms with Crippen molar-refractivity contribution in [1.29, 1.82) is 0 Å². The maximum absolute atomic E-state index is 4.18. The molecule has 0 aliphatic carbocycles. The highest BCUT2D eigenvalue weighted by molar-refractivity contribution is 7.80. The van der Waals surface area contributed by atoms with E-state index in [0.717, 1.165) is 18.2 Å². The first-order valence-electron chi connectivity index (χ1n) is 3.90. The molecule has 1 nitrogen and oxygen atoms in total. The fourth-order valence-electron chi connectivity index (χ4n) is 0.870. The summed E-state index contributed by atoms with van der Waals surface area (Å²) in [4.78, 5) is 2.34. The zero-order valence-electron chi connectivity index (χ0n) is 7.46. The predicted octanol–water partition coefficient (Wildman–Crippen LogP) is 1.89. The van der Waals surface area contributed by atoms with Crippen LogP contribution in [0.3, 0.4) is 0 Å². The second-order valence-corrected chi connectivity index (χ2v) is 3.64. The van der Waals surface area contributed by atoms with Crippen molar-refractivity contribution in [2.24, 2.45) is 5.92 Å². The monoisotopic (exact) mass is 161 g/mol. The summed E-state index contributed by atoms with van der Waals surface area (Å²) in [5.74, 6) is 1.69. The van der Waals surface area contributed by atoms with Crippen molar-refractivity contribution in [3.05, 3.63) is 0 Å². The van der Waals surface area contributed by atoms with E-state index in [0.29, 0.717) is 6.04 Å². The highest BCUT2D eigenvalue weighted by Gasteiger charge is 2.10. The molecule has 0 aromatic carbocycles. The van der Waals surface area contributed by atoms with Gasteiger partial charge in [0.05, 0.1) is 0 Å². The molecular formula is C8H19NS. The minimum atomic E-state index is 0.673. The van der Waals surface area contributed by atoms with Crippen LogP contribution in [0.15, 0.2) is 0 Å². The van der Waals surface area contributed by atoms with Crippen LogP contribution in [0.25, 0.3) is 0 Å². The van der Waals surface area contributed by atoms with Crippen molar-refractivity contribution in [3.8, 4) is 0 Å². The molecule has 0 bridgehead atoms. The summed E-state index contributed by atoms with van der Waals surface area (Å²) in [6.45, 7) is 7.84. The molecule has 0 radical (unpaired) electrons. The lowest BCUT2D eigenvalue weighted by Crippen LogP contribution is -2.34. The molecule has 0 aromatic rings. The molecule has 10 heavy (non-hydrogen) atoms. The number of hydrogen-bond acceptors (Lipinski definition) is 2. The summed E-state index contributed by atoms with van der Waals surface area (Å²) < 4.78 is 0. The third-order valence-corrected chi connectivity index (χ3v) is 2.31. The maximum Gasteiger partial charge on any atom is 0.00872 e. The summed E-state index contributed by atoms with van der Waals surface area (Å²) in [7, 11) is 2.15. The molecule has 0 heterocycles. The summed E-state index contributed by atoms with van der Waals surface area (Å²) in [6, 6.07) is 0.673. The SMILES string of the molecule is CC(C)C(C)N(C)CCS. The first kappa shape index (κ1) is 10.3. The molecule has 0 aromatic heterocycles. The van der Waals surface area contributed by atoms with Gasteiger partial charge in [-0.2, -0.15) is 12.6 Å². The van der Waals surface area contributed by atoms with E-state index in [2.05, 4.69) is 45.3 Å². The Kier molecular flexibility index (Phi) is 5.18. The van der Waals surface area contributed by atoms with E-state index in [-0.39, 0.29) is 0 Å². The third-order valence-electron chi connectivity index (χ3n) is 2.11. The largest absolute Gasteiger partial charge is 0.303 e. The first-order valence-corrected chi connectivity index (χ1v) is 4.54. The lowest BCUT2D eigenvalue weighted by Gasteiger charge is -2.26. The number of hydrogen-bond donors (Lipinski definition) is 1. The minimum absolute atomic E-state index is 0.673. The molecule has 0 rings (SSSR count). The number of thiol groups is 1. The molecule has 0 amide bonds. The smallest absolute Gasteiger partial charge is 0.00872 e. The Morgan fingerprint density at radius 2 is 1.80 bits per heavy atom. The van der Waals surface area contributed by atoms with Crippen LogP contribution in [0.5, 0.6) is 0 Å². The van der Waals surface area contributed by atoms with Crippen LogP contribution in [0.4, 0.5) is 0 Å². The van der Waals surface area contributed by atoms with Gasteiger partial charge in [0.1, 0.15) is 0 Å². The Labute approximate surface area is 70.2 Å². The molecule has 2 heteroatoms. The van der Waals surface area contributed by atoms with Crippen LogP contribution in [0, 0.1) is 5.92 Å². The lowest BCUT2D eigenvalue weighted by molar-refractivity contribution is 0.220. The quantitative estimate of drug-likeness (QED) is 0.616. The molecule has 0 saturated carbocycles. The van der Waals surface area contributed by atoms with Gasteiger partial charge in [-0.1, -0.05) is 13.8 Å². The fraction of sp³-hybridized carbons (Fsp3) is 1.00. The molecule has 1 unspecified atom stereocenters. The second kappa shape index (κ2) is 5.03. The standard InChI is InChI=1S/C8H19NS/c1-7(2)8(3)9(4)5-6-10/h7-8,10H,5-6H2,1-4H3. The van der Waals surface area contributed by atoms with Gasteiger partial charge in [-0.25, -0.2) is 0 Å². The van der Waals surface area contributed by atoms with Crippen LogP contribution in [0.1, 0.15) is 20.8 Å². The Morgan fingerprint density at radius 3 is 2.10 bits per heavy atom. The summed E-state index contributed by atoms with van der Waals surface area (Å²) in [5, 5.41) is 0. The zero-order chi connectivity index (χ0) is 8.15. The van der Waals surface area contributed by atoms with Crippen molar-refractivity contribution in [3.63, 3.8) is 0 Å². The van der Waals surface area contributed by atoms with Gasteiger partial charge in [-0.3, -0.25) is 0 Å². The van der Waals surface area contributed by atoms with E-state index in [1.54, 1.807) is 0 Å². The Bertz CT molecular complexity index is 83.3. The average Bonchev–Trinajstić information content (AvgIpc) is 1.87. The molecular weight excluding hydrogens is 142 g/mol. The van der Waals surface area contributed by atoms with Gasteiger partial charge in [0, 0.05) is 18.3 Å². The van der Waals surface area contributed by atoms with Crippen LogP contribution < -0.4 is 0 Å². The first-order chi connectivity index (χ1) is 4.59. The molecule has 0 spiro atoms. The van der Waals surface area contributed by atoms with Crippen LogP contribution in [-0.4, -0.2) is 30.3 Å². The van der Waals surface area contributed by atoms with E-state index in [4.69, 9.17) is 0 Å². The average molecular weight is 161 g/mol. The molecule has 0 aliphatic rings. The van der Waals surface area contributed by atoms with Gasteiger partial charge >= 0.3 is 0 Å². The predicted molar refractivity (Wildman–Crippen MR) is 50.8 cm³/mol. The van der Waals surface area contributed by atoms with Crippen LogP contribution in [0.2, 0.25) is 0 Å². The van der Waals surface area contributed by atoms with Gasteiger partial charge in [0.2, 0.25) is 0 Å². The van der Waals surface area contributed by atoms with Crippen LogP contribution in [-0.2, 0) is 0 Å². The Hall–Kier alpha value is 0.310. The normalized spacial score (nSPS) is 14.7. The minimum Gasteiger partial charge on any atom is -0.303 e. The molecule has 62 valence electrons. The van der Waals surface area contributed by atoms with E-state index < -0.39 is 0 Å². The summed E-state index contributed by atoms with van der Waals surface area (Å²) in [6.07, 6.45) is 0. The third kappa shape index (κ3) is 3.47. The van der Waals surface area contributed by atoms with E-state index in [1.807, 2.05) is 0 Å². The van der Waals surface area contributed by atoms with Crippen LogP contribution >= 0.6 is 12.6 Å². The van der Waals surface area contributed by atoms with Crippen molar-refractivity contribution in [1.82, 2.24) is 4.90 Å². The molecule has 0 fully saturated rings. The molecule has 0 N–H and O–H groups in total. The fourth-order valence-corrected chi connectivity index (χ4v) is 1.19. The summed E-state index contributed by atoms with van der Waals surface area (Å²) >= 11 is 4.18. The highest BCUT2D eigenvalue weighted by atomic mass is 32.1. The topological polar surface area (TPSA) is 3.24 Å². The zero-order valence-corrected chi connectivity index (χ0v) is 8.36. The van der Waals surface area contributed by atoms with Gasteiger partial charge in [-0.15, -0.1) is 0 Å². The van der Waals surface area contributed by atoms with Gasteiger partial charge < -0.3 is 4.90 Å². The van der Waals surface area contributed by atoms with Crippen molar-refractivity contribution < 1.29 is 0 Å². The summed E-state index contributed by atoms with van der Waals surface area (Å²) in [5.41, 5.74) is 0. The van der Waals surface area contributed by atoms with Gasteiger partial charge in [0.25, 0.3) is 0 Å². The van der Waals surface area contributed by atoms with Crippen molar-refractivity contribution in [2.75, 3.05) is 19.3 Å². The van der Waals surface area contributed by atoms with Gasteiger partial charge in [-0.05, 0) is 19.9 Å². The number of nitrogens with zero attached hydrogens (tertiary/aromatic N) is 1. The lowest BCUT2D eigenvalue weighted by atomic mass is 10.1. The van der Waals surface area contributed by atoms with E-state index >= 15 is 0 Å². The maximum atomic E-state index is 4.18. The molecule has 1 atom stereocenters. The second-order valence-electron chi connectivity index (χ2n) is 3.19. The number of rotatable bonds is 4. The Balaban J connectivity index is 3.58. The van der Waals surface area contributed by atoms with E-state index in [1.165, 1.54) is 0 Å². The molecule has 0 aliphatic heterocycles. The van der Waals surface area contributed by atoms with E-state index in [9.17, 15) is 0 Å².